The van der Waals surface area contributed by atoms with Crippen LogP contribution >= 0.6 is 12.2 Å². The second-order valence-electron chi connectivity index (χ2n) is 6.69. The molecule has 1 amide bonds. The molecule has 3 rings (SSSR count). The van der Waals surface area contributed by atoms with Gasteiger partial charge in [-0.05, 0) is 55.4 Å². The smallest absolute Gasteiger partial charge is 0.227 e. The number of hydrogen-bond donors (Lipinski definition) is 2. The van der Waals surface area contributed by atoms with Crippen LogP contribution in [-0.4, -0.2) is 37.7 Å². The zero-order valence-corrected chi connectivity index (χ0v) is 16.5. The fraction of sp³-hybridized carbons (Fsp3) is 0.333. The average molecular weight is 383 g/mol. The molecule has 142 valence electrons. The van der Waals surface area contributed by atoms with Gasteiger partial charge < -0.3 is 20.4 Å². The van der Waals surface area contributed by atoms with Crippen LogP contribution < -0.4 is 20.4 Å². The van der Waals surface area contributed by atoms with E-state index in [2.05, 4.69) is 34.7 Å². The number of thiocarbonyl (C=S) groups is 1. The Morgan fingerprint density at radius 3 is 2.74 bits per heavy atom. The number of nitrogens with zero attached hydrogens (tertiary/aromatic N) is 2. The van der Waals surface area contributed by atoms with Gasteiger partial charge in [0.25, 0.3) is 0 Å². The molecule has 0 atom stereocenters. The minimum Gasteiger partial charge on any atom is -0.375 e. The van der Waals surface area contributed by atoms with Gasteiger partial charge >= 0.3 is 0 Å². The van der Waals surface area contributed by atoms with Crippen molar-refractivity contribution in [1.82, 2.24) is 5.32 Å². The number of hydrogen-bond acceptors (Lipinski definition) is 3. The van der Waals surface area contributed by atoms with Crippen LogP contribution in [0.2, 0.25) is 0 Å². The van der Waals surface area contributed by atoms with E-state index in [0.717, 1.165) is 43.9 Å². The number of anilines is 3. The first-order chi connectivity index (χ1) is 13.1. The zero-order valence-electron chi connectivity index (χ0n) is 15.6. The lowest BCUT2D eigenvalue weighted by Crippen LogP contribution is -2.31. The molecule has 1 heterocycles. The van der Waals surface area contributed by atoms with Gasteiger partial charge in [0.15, 0.2) is 5.11 Å². The largest absolute Gasteiger partial charge is 0.375 e. The summed E-state index contributed by atoms with van der Waals surface area (Å²) in [7, 11) is 2.09. The highest BCUT2D eigenvalue weighted by Crippen LogP contribution is 2.24. The monoisotopic (exact) mass is 382 g/mol. The summed E-state index contributed by atoms with van der Waals surface area (Å²) in [5.74, 6) is 0.190. The molecule has 1 saturated heterocycles. The highest BCUT2D eigenvalue weighted by atomic mass is 32.1. The molecule has 0 aliphatic carbocycles. The number of carbonyl (C=O) groups excluding carboxylic acids is 1. The summed E-state index contributed by atoms with van der Waals surface area (Å²) in [6.07, 6.45) is 2.54. The summed E-state index contributed by atoms with van der Waals surface area (Å²) in [5, 5.41) is 7.06. The van der Waals surface area contributed by atoms with E-state index in [1.54, 1.807) is 0 Å². The second kappa shape index (κ2) is 9.37. The van der Waals surface area contributed by atoms with E-state index >= 15 is 0 Å². The molecule has 1 aliphatic rings. The number of amides is 1. The molecule has 0 aromatic heterocycles. The highest BCUT2D eigenvalue weighted by Gasteiger charge is 2.21. The van der Waals surface area contributed by atoms with Crippen LogP contribution in [0.5, 0.6) is 0 Å². The minimum absolute atomic E-state index is 0.190. The highest BCUT2D eigenvalue weighted by molar-refractivity contribution is 7.80. The van der Waals surface area contributed by atoms with Gasteiger partial charge in [0.1, 0.15) is 0 Å². The molecule has 6 heteroatoms. The van der Waals surface area contributed by atoms with Gasteiger partial charge in [-0.3, -0.25) is 4.79 Å². The molecule has 0 saturated carbocycles. The Labute approximate surface area is 166 Å². The molecule has 0 spiro atoms. The third kappa shape index (κ3) is 5.44. The van der Waals surface area contributed by atoms with Gasteiger partial charge in [-0.15, -0.1) is 0 Å². The van der Waals surface area contributed by atoms with E-state index in [1.165, 1.54) is 5.69 Å². The number of benzene rings is 2. The SMILES string of the molecule is CN(CCCNC(=S)Nc1cccc(N2CCCC2=O)c1)c1ccccc1. The summed E-state index contributed by atoms with van der Waals surface area (Å²) in [5.41, 5.74) is 3.03. The maximum Gasteiger partial charge on any atom is 0.227 e. The van der Waals surface area contributed by atoms with Crippen LogP contribution in [0.3, 0.4) is 0 Å². The van der Waals surface area contributed by atoms with Crippen molar-refractivity contribution in [2.75, 3.05) is 41.8 Å². The molecule has 2 aromatic rings. The van der Waals surface area contributed by atoms with Crippen LogP contribution in [0.1, 0.15) is 19.3 Å². The second-order valence-corrected chi connectivity index (χ2v) is 7.10. The lowest BCUT2D eigenvalue weighted by Gasteiger charge is -2.20. The van der Waals surface area contributed by atoms with Crippen LogP contribution in [0.4, 0.5) is 17.1 Å². The molecule has 5 nitrogen and oxygen atoms in total. The normalized spacial score (nSPS) is 13.5. The lowest BCUT2D eigenvalue weighted by molar-refractivity contribution is -0.117. The molecule has 1 fully saturated rings. The first-order valence-electron chi connectivity index (χ1n) is 9.35. The van der Waals surface area contributed by atoms with Gasteiger partial charge in [-0.1, -0.05) is 24.3 Å². The van der Waals surface area contributed by atoms with Crippen LogP contribution in [0, 0.1) is 0 Å². The standard InChI is InChI=1S/C21H26N4OS/c1-24(18-9-3-2-4-10-18)14-7-13-22-21(27)23-17-8-5-11-19(16-17)25-15-6-12-20(25)26/h2-5,8-11,16H,6-7,12-15H2,1H3,(H2,22,23,27). The fourth-order valence-corrected chi connectivity index (χ4v) is 3.40. The van der Waals surface area contributed by atoms with Gasteiger partial charge in [0.05, 0.1) is 0 Å². The van der Waals surface area contributed by atoms with Gasteiger partial charge in [-0.2, -0.15) is 0 Å². The molecular formula is C21H26N4OS. The van der Waals surface area contributed by atoms with Crippen molar-refractivity contribution >= 4 is 40.3 Å². The minimum atomic E-state index is 0.190. The van der Waals surface area contributed by atoms with Crippen molar-refractivity contribution < 1.29 is 4.79 Å². The molecule has 0 bridgehead atoms. The zero-order chi connectivity index (χ0) is 19.1. The number of nitrogens with one attached hydrogen (secondary N) is 2. The first-order valence-corrected chi connectivity index (χ1v) is 9.76. The van der Waals surface area contributed by atoms with Crippen molar-refractivity contribution in [1.29, 1.82) is 0 Å². The molecule has 1 aliphatic heterocycles. The summed E-state index contributed by atoms with van der Waals surface area (Å²) in [4.78, 5) is 16.0. The number of para-hydroxylation sites is 1. The molecule has 0 unspecified atom stereocenters. The Morgan fingerprint density at radius 2 is 2.00 bits per heavy atom. The van der Waals surface area contributed by atoms with Crippen LogP contribution in [-0.2, 0) is 4.79 Å². The Morgan fingerprint density at radius 1 is 1.19 bits per heavy atom. The van der Waals surface area contributed by atoms with Gasteiger partial charge in [0.2, 0.25) is 5.91 Å². The summed E-state index contributed by atoms with van der Waals surface area (Å²) >= 11 is 5.39. The quantitative estimate of drug-likeness (QED) is 0.566. The summed E-state index contributed by atoms with van der Waals surface area (Å²) < 4.78 is 0. The maximum atomic E-state index is 11.9. The van der Waals surface area contributed by atoms with Crippen molar-refractivity contribution in [2.45, 2.75) is 19.3 Å². The van der Waals surface area contributed by atoms with Crippen molar-refractivity contribution in [3.63, 3.8) is 0 Å². The first kappa shape index (κ1) is 19.2. The molecular weight excluding hydrogens is 356 g/mol. The van der Waals surface area contributed by atoms with Crippen molar-refractivity contribution in [3.8, 4) is 0 Å². The molecule has 2 N–H and O–H groups in total. The van der Waals surface area contributed by atoms with E-state index < -0.39 is 0 Å². The van der Waals surface area contributed by atoms with Crippen LogP contribution in [0.25, 0.3) is 0 Å². The average Bonchev–Trinajstić information content (AvgIpc) is 3.12. The van der Waals surface area contributed by atoms with Crippen molar-refractivity contribution in [3.05, 3.63) is 54.6 Å². The molecule has 0 radical (unpaired) electrons. The molecule has 27 heavy (non-hydrogen) atoms. The van der Waals surface area contributed by atoms with E-state index in [9.17, 15) is 4.79 Å². The van der Waals surface area contributed by atoms with Gasteiger partial charge in [0, 0.05) is 50.2 Å². The fourth-order valence-electron chi connectivity index (χ4n) is 3.18. The predicted molar refractivity (Wildman–Crippen MR) is 117 cm³/mol. The summed E-state index contributed by atoms with van der Waals surface area (Å²) in [6, 6.07) is 18.2. The van der Waals surface area contributed by atoms with Gasteiger partial charge in [-0.25, -0.2) is 0 Å². The van der Waals surface area contributed by atoms with Crippen LogP contribution in [0.15, 0.2) is 54.6 Å². The topological polar surface area (TPSA) is 47.6 Å². The predicted octanol–water partition coefficient (Wildman–Crippen LogP) is 3.63. The Bertz CT molecular complexity index is 781. The third-order valence-corrected chi connectivity index (χ3v) is 4.89. The Kier molecular flexibility index (Phi) is 6.65. The molecule has 2 aromatic carbocycles. The maximum absolute atomic E-state index is 11.9. The van der Waals surface area contributed by atoms with E-state index in [0.29, 0.717) is 11.5 Å². The Hall–Kier alpha value is -2.60. The van der Waals surface area contributed by atoms with Crippen molar-refractivity contribution in [2.24, 2.45) is 0 Å². The third-order valence-electron chi connectivity index (χ3n) is 4.64. The number of rotatable bonds is 7. The Balaban J connectivity index is 1.42. The van der Waals surface area contributed by atoms with E-state index in [4.69, 9.17) is 12.2 Å². The summed E-state index contributed by atoms with van der Waals surface area (Å²) in [6.45, 7) is 2.54. The van der Waals surface area contributed by atoms with E-state index in [-0.39, 0.29) is 5.91 Å². The lowest BCUT2D eigenvalue weighted by atomic mass is 10.2. The number of carbonyl (C=O) groups is 1. The van der Waals surface area contributed by atoms with E-state index in [1.807, 2.05) is 47.4 Å².